The van der Waals surface area contributed by atoms with Crippen molar-refractivity contribution in [3.63, 3.8) is 0 Å². The Morgan fingerprint density at radius 1 is 0.667 bits per heavy atom. The molecule has 78 valence electrons. The summed E-state index contributed by atoms with van der Waals surface area (Å²) in [6.07, 6.45) is 0. The first-order valence-corrected chi connectivity index (χ1v) is 5.40. The molecule has 0 nitrogen and oxygen atoms in total. The summed E-state index contributed by atoms with van der Waals surface area (Å²) < 4.78 is 0. The molecule has 0 bridgehead atoms. The number of rotatable bonds is 2. The monoisotopic (exact) mass is 302 g/mol. The first kappa shape index (κ1) is 12.6. The normalized spacial score (nSPS) is 9.73. The molecule has 2 aromatic rings. The molecule has 0 aliphatic rings. The van der Waals surface area contributed by atoms with Gasteiger partial charge in [0.1, 0.15) is 0 Å². The third-order valence-corrected chi connectivity index (χ3v) is 3.09. The van der Waals surface area contributed by atoms with Crippen molar-refractivity contribution in [1.82, 2.24) is 0 Å². The van der Waals surface area contributed by atoms with Gasteiger partial charge >= 0.3 is 0 Å². The molecule has 0 saturated carbocycles. The Morgan fingerprint density at radius 3 is 1.33 bits per heavy atom. The van der Waals surface area contributed by atoms with Crippen molar-refractivity contribution in [1.29, 1.82) is 0 Å². The van der Waals surface area contributed by atoms with E-state index in [9.17, 15) is 0 Å². The summed E-state index contributed by atoms with van der Waals surface area (Å²) in [4.78, 5) is 0. The van der Waals surface area contributed by atoms with Crippen LogP contribution in [-0.2, 0) is 19.5 Å². The molecule has 2 aromatic carbocycles. The van der Waals surface area contributed by atoms with Gasteiger partial charge in [-0.05, 0) is 11.1 Å². The van der Waals surface area contributed by atoms with E-state index in [2.05, 4.69) is 57.8 Å². The van der Waals surface area contributed by atoms with Crippen LogP contribution in [0.25, 0.3) is 0 Å². The fraction of sp³-hybridized carbons (Fsp3) is 0.0769. The van der Waals surface area contributed by atoms with Gasteiger partial charge in [0.05, 0.1) is 0 Å². The van der Waals surface area contributed by atoms with Gasteiger partial charge in [0.15, 0.2) is 0 Å². The van der Waals surface area contributed by atoms with E-state index in [0.29, 0.717) is 5.66 Å². The summed E-state index contributed by atoms with van der Waals surface area (Å²) in [5.74, 6) is 0. The Morgan fingerprint density at radius 2 is 1.00 bits per heavy atom. The Hall–Kier alpha value is -0.507. The first-order valence-electron chi connectivity index (χ1n) is 4.73. The quantitative estimate of drug-likeness (QED) is 0.587. The molecule has 0 radical (unpaired) electrons. The molecule has 0 aliphatic heterocycles. The minimum absolute atomic E-state index is 0. The molecular formula is C13H13PRu. The van der Waals surface area contributed by atoms with Gasteiger partial charge in [-0.1, -0.05) is 60.7 Å². The fourth-order valence-corrected chi connectivity index (χ4v) is 1.96. The second-order valence-electron chi connectivity index (χ2n) is 3.30. The molecule has 1 atom stereocenters. The van der Waals surface area contributed by atoms with Gasteiger partial charge in [-0.15, -0.1) is 9.24 Å². The molecular weight excluding hydrogens is 288 g/mol. The van der Waals surface area contributed by atoms with Crippen molar-refractivity contribution in [2.75, 3.05) is 0 Å². The zero-order valence-corrected chi connectivity index (χ0v) is 11.2. The number of hydrogen-bond donors (Lipinski definition) is 0. The second-order valence-corrected chi connectivity index (χ2v) is 3.97. The van der Waals surface area contributed by atoms with E-state index in [4.69, 9.17) is 0 Å². The number of benzene rings is 2. The van der Waals surface area contributed by atoms with Crippen molar-refractivity contribution < 1.29 is 19.5 Å². The van der Waals surface area contributed by atoms with Gasteiger partial charge in [-0.2, -0.15) is 0 Å². The summed E-state index contributed by atoms with van der Waals surface area (Å²) in [6, 6.07) is 21.0. The van der Waals surface area contributed by atoms with E-state index in [1.54, 1.807) is 0 Å². The molecule has 1 unspecified atom stereocenters. The third-order valence-electron chi connectivity index (χ3n) is 2.32. The molecule has 0 saturated heterocycles. The van der Waals surface area contributed by atoms with E-state index in [-0.39, 0.29) is 19.5 Å². The Bertz CT molecular complexity index is 346. The predicted molar refractivity (Wildman–Crippen MR) is 64.4 cm³/mol. The van der Waals surface area contributed by atoms with Crippen LogP contribution in [0.3, 0.4) is 0 Å². The van der Waals surface area contributed by atoms with Crippen molar-refractivity contribution in [2.24, 2.45) is 0 Å². The summed E-state index contributed by atoms with van der Waals surface area (Å²) in [6.45, 7) is 0. The van der Waals surface area contributed by atoms with Crippen LogP contribution in [0.4, 0.5) is 0 Å². The van der Waals surface area contributed by atoms with Gasteiger partial charge < -0.3 is 0 Å². The standard InChI is InChI=1S/C13H13P.Ru/c14-13(11-7-3-1-4-8-11)12-9-5-2-6-10-12;/h1-10,13H,14H2;. The summed E-state index contributed by atoms with van der Waals surface area (Å²) in [7, 11) is 2.89. The maximum Gasteiger partial charge on any atom is 0.0234 e. The van der Waals surface area contributed by atoms with Crippen LogP contribution in [0.15, 0.2) is 60.7 Å². The van der Waals surface area contributed by atoms with Crippen LogP contribution >= 0.6 is 9.24 Å². The summed E-state index contributed by atoms with van der Waals surface area (Å²) in [5, 5.41) is 0. The Kier molecular flexibility index (Phi) is 5.16. The van der Waals surface area contributed by atoms with Crippen LogP contribution < -0.4 is 0 Å². The van der Waals surface area contributed by atoms with Gasteiger partial charge in [0, 0.05) is 25.1 Å². The molecule has 2 heteroatoms. The average Bonchev–Trinajstić information content (AvgIpc) is 2.30. The van der Waals surface area contributed by atoms with Gasteiger partial charge in [-0.25, -0.2) is 0 Å². The van der Waals surface area contributed by atoms with E-state index in [1.165, 1.54) is 11.1 Å². The smallest absolute Gasteiger partial charge is 0.0234 e. The predicted octanol–water partition coefficient (Wildman–Crippen LogP) is 3.65. The zero-order valence-electron chi connectivity index (χ0n) is 8.28. The molecule has 15 heavy (non-hydrogen) atoms. The van der Waals surface area contributed by atoms with E-state index in [0.717, 1.165) is 0 Å². The minimum atomic E-state index is 0. The van der Waals surface area contributed by atoms with Gasteiger partial charge in [0.2, 0.25) is 0 Å². The second kappa shape index (κ2) is 6.16. The molecule has 2 rings (SSSR count). The third kappa shape index (κ3) is 3.23. The molecule has 0 aromatic heterocycles. The molecule has 0 fully saturated rings. The van der Waals surface area contributed by atoms with Gasteiger partial charge in [-0.3, -0.25) is 0 Å². The largest absolute Gasteiger partial charge is 0.125 e. The summed E-state index contributed by atoms with van der Waals surface area (Å²) in [5.41, 5.74) is 3.07. The van der Waals surface area contributed by atoms with Crippen molar-refractivity contribution in [3.05, 3.63) is 71.8 Å². The number of hydrogen-bond acceptors (Lipinski definition) is 0. The van der Waals surface area contributed by atoms with Crippen molar-refractivity contribution in [3.8, 4) is 0 Å². The topological polar surface area (TPSA) is 0 Å². The Labute approximate surface area is 106 Å². The molecule has 0 N–H and O–H groups in total. The fourth-order valence-electron chi connectivity index (χ4n) is 1.51. The molecule has 0 amide bonds. The molecule has 0 aliphatic carbocycles. The van der Waals surface area contributed by atoms with E-state index >= 15 is 0 Å². The van der Waals surface area contributed by atoms with Crippen LogP contribution in [0.1, 0.15) is 16.8 Å². The first-order chi connectivity index (χ1) is 6.88. The zero-order chi connectivity index (χ0) is 9.80. The minimum Gasteiger partial charge on any atom is -0.125 e. The van der Waals surface area contributed by atoms with Gasteiger partial charge in [0.25, 0.3) is 0 Å². The van der Waals surface area contributed by atoms with Crippen LogP contribution in [0.5, 0.6) is 0 Å². The maximum absolute atomic E-state index is 2.89. The molecule has 0 heterocycles. The maximum atomic E-state index is 2.89. The SMILES string of the molecule is PC(c1ccccc1)c1ccccc1.[Ru]. The van der Waals surface area contributed by atoms with Crippen LogP contribution in [0.2, 0.25) is 0 Å². The molecule has 0 spiro atoms. The van der Waals surface area contributed by atoms with Crippen molar-refractivity contribution >= 4 is 9.24 Å². The van der Waals surface area contributed by atoms with E-state index < -0.39 is 0 Å². The van der Waals surface area contributed by atoms with E-state index in [1.807, 2.05) is 12.1 Å². The summed E-state index contributed by atoms with van der Waals surface area (Å²) >= 11 is 0. The van der Waals surface area contributed by atoms with Crippen LogP contribution in [0, 0.1) is 0 Å². The average molecular weight is 301 g/mol. The van der Waals surface area contributed by atoms with Crippen LogP contribution in [-0.4, -0.2) is 0 Å². The Balaban J connectivity index is 0.00000112. The van der Waals surface area contributed by atoms with Crippen molar-refractivity contribution in [2.45, 2.75) is 5.66 Å².